The number of rotatable bonds is 3. The number of hydrogen-bond donors (Lipinski definition) is 1. The highest BCUT2D eigenvalue weighted by atomic mass is 16.6. The Labute approximate surface area is 110 Å². The van der Waals surface area contributed by atoms with Gasteiger partial charge in [-0.3, -0.25) is 4.90 Å². The minimum Gasteiger partial charge on any atom is -0.444 e. The average molecular weight is 258 g/mol. The van der Waals surface area contributed by atoms with Crippen LogP contribution in [0.15, 0.2) is 0 Å². The fraction of sp³-hybridized carbons (Fsp3) is 0.923. The molecule has 5 nitrogen and oxygen atoms in total. The molecule has 0 spiro atoms. The first-order valence-electron chi connectivity index (χ1n) is 6.62. The molecule has 1 unspecified atom stereocenters. The molecule has 0 aliphatic carbocycles. The molecule has 5 heteroatoms. The van der Waals surface area contributed by atoms with Crippen molar-refractivity contribution in [3.63, 3.8) is 0 Å². The molecule has 1 amide bonds. The van der Waals surface area contributed by atoms with Gasteiger partial charge in [0.25, 0.3) is 0 Å². The third-order valence-corrected chi connectivity index (χ3v) is 3.13. The standard InChI is InChI=1S/C13H26N2O3/c1-13(2,3)18-12(17)14(4)11-6-5-7-15(10-11)8-9-16/h11,16H,5-10H2,1-4H3. The number of likely N-dealkylation sites (tertiary alicyclic amines) is 1. The number of amides is 1. The van der Waals surface area contributed by atoms with Crippen LogP contribution in [0, 0.1) is 0 Å². The molecule has 0 bridgehead atoms. The zero-order valence-electron chi connectivity index (χ0n) is 12.0. The number of carbonyl (C=O) groups is 1. The first-order valence-corrected chi connectivity index (χ1v) is 6.62. The van der Waals surface area contributed by atoms with Gasteiger partial charge in [-0.05, 0) is 40.2 Å². The number of ether oxygens (including phenoxy) is 1. The van der Waals surface area contributed by atoms with E-state index < -0.39 is 5.60 Å². The van der Waals surface area contributed by atoms with Crippen LogP contribution in [0.1, 0.15) is 33.6 Å². The van der Waals surface area contributed by atoms with Crippen LogP contribution in [0.3, 0.4) is 0 Å². The van der Waals surface area contributed by atoms with Gasteiger partial charge in [-0.15, -0.1) is 0 Å². The Morgan fingerprint density at radius 2 is 2.17 bits per heavy atom. The summed E-state index contributed by atoms with van der Waals surface area (Å²) in [6.07, 6.45) is 1.79. The second-order valence-corrected chi connectivity index (χ2v) is 5.91. The maximum absolute atomic E-state index is 12.0. The van der Waals surface area contributed by atoms with Crippen molar-refractivity contribution in [1.82, 2.24) is 9.80 Å². The molecule has 18 heavy (non-hydrogen) atoms. The van der Waals surface area contributed by atoms with E-state index in [2.05, 4.69) is 4.90 Å². The molecule has 1 N–H and O–H groups in total. The fourth-order valence-electron chi connectivity index (χ4n) is 2.17. The Bertz CT molecular complexity index is 274. The number of carbonyl (C=O) groups excluding carboxylic acids is 1. The van der Waals surface area contributed by atoms with Crippen molar-refractivity contribution in [2.75, 3.05) is 33.3 Å². The van der Waals surface area contributed by atoms with E-state index >= 15 is 0 Å². The second kappa shape index (κ2) is 6.38. The van der Waals surface area contributed by atoms with Gasteiger partial charge in [0.05, 0.1) is 6.61 Å². The average Bonchev–Trinajstić information content (AvgIpc) is 2.26. The lowest BCUT2D eigenvalue weighted by Crippen LogP contribution is -2.50. The predicted octanol–water partition coefficient (Wildman–Crippen LogP) is 1.31. The lowest BCUT2D eigenvalue weighted by Gasteiger charge is -2.37. The SMILES string of the molecule is CN(C(=O)OC(C)(C)C)C1CCCN(CCO)C1. The number of piperidine rings is 1. The largest absolute Gasteiger partial charge is 0.444 e. The van der Waals surface area contributed by atoms with Crippen molar-refractivity contribution in [2.24, 2.45) is 0 Å². The molecule has 0 aromatic carbocycles. The summed E-state index contributed by atoms with van der Waals surface area (Å²) in [5.41, 5.74) is -0.454. The van der Waals surface area contributed by atoms with E-state index in [9.17, 15) is 4.79 Å². The number of aliphatic hydroxyl groups is 1. The van der Waals surface area contributed by atoms with Gasteiger partial charge in [0.15, 0.2) is 0 Å². The van der Waals surface area contributed by atoms with E-state index in [1.54, 1.807) is 11.9 Å². The summed E-state index contributed by atoms with van der Waals surface area (Å²) in [6, 6.07) is 0.181. The van der Waals surface area contributed by atoms with E-state index in [-0.39, 0.29) is 18.7 Å². The van der Waals surface area contributed by atoms with Crippen molar-refractivity contribution < 1.29 is 14.6 Å². The number of β-amino-alcohol motifs (C(OH)–C–C–N with tert-alkyl or cyclic N) is 1. The molecule has 0 aromatic rings. The molecule has 1 atom stereocenters. The summed E-state index contributed by atoms with van der Waals surface area (Å²) >= 11 is 0. The Hall–Kier alpha value is -0.810. The summed E-state index contributed by atoms with van der Waals surface area (Å²) in [5, 5.41) is 8.96. The fourth-order valence-corrected chi connectivity index (χ4v) is 2.17. The van der Waals surface area contributed by atoms with Crippen molar-refractivity contribution in [1.29, 1.82) is 0 Å². The lowest BCUT2D eigenvalue weighted by molar-refractivity contribution is 0.0126. The summed E-state index contributed by atoms with van der Waals surface area (Å²) in [4.78, 5) is 15.8. The van der Waals surface area contributed by atoms with E-state index in [0.29, 0.717) is 6.54 Å². The third kappa shape index (κ3) is 4.82. The van der Waals surface area contributed by atoms with Crippen LogP contribution in [-0.4, -0.2) is 65.9 Å². The molecule has 1 aliphatic heterocycles. The molecule has 0 aromatic heterocycles. The first-order chi connectivity index (χ1) is 8.33. The number of nitrogens with zero attached hydrogens (tertiary/aromatic N) is 2. The smallest absolute Gasteiger partial charge is 0.410 e. The monoisotopic (exact) mass is 258 g/mol. The zero-order chi connectivity index (χ0) is 13.8. The van der Waals surface area contributed by atoms with Gasteiger partial charge >= 0.3 is 6.09 Å². The minimum absolute atomic E-state index is 0.170. The van der Waals surface area contributed by atoms with Gasteiger partial charge < -0.3 is 14.7 Å². The molecule has 1 rings (SSSR count). The predicted molar refractivity (Wildman–Crippen MR) is 70.5 cm³/mol. The van der Waals surface area contributed by atoms with Crippen molar-refractivity contribution in [3.8, 4) is 0 Å². The van der Waals surface area contributed by atoms with E-state index in [1.807, 2.05) is 20.8 Å². The second-order valence-electron chi connectivity index (χ2n) is 5.91. The highest BCUT2D eigenvalue weighted by Gasteiger charge is 2.28. The van der Waals surface area contributed by atoms with Crippen LogP contribution in [0.5, 0.6) is 0 Å². The highest BCUT2D eigenvalue weighted by Crippen LogP contribution is 2.17. The Morgan fingerprint density at radius 3 is 2.72 bits per heavy atom. The Kier molecular flexibility index (Phi) is 5.41. The van der Waals surface area contributed by atoms with Gasteiger partial charge in [-0.25, -0.2) is 4.79 Å². The topological polar surface area (TPSA) is 53.0 Å². The van der Waals surface area contributed by atoms with Crippen LogP contribution >= 0.6 is 0 Å². The van der Waals surface area contributed by atoms with Gasteiger partial charge in [0, 0.05) is 26.2 Å². The van der Waals surface area contributed by atoms with E-state index in [1.165, 1.54) is 0 Å². The molecule has 0 saturated carbocycles. The Morgan fingerprint density at radius 1 is 1.50 bits per heavy atom. The first kappa shape index (κ1) is 15.2. The van der Waals surface area contributed by atoms with E-state index in [4.69, 9.17) is 9.84 Å². The summed E-state index contributed by atoms with van der Waals surface area (Å²) in [5.74, 6) is 0. The lowest BCUT2D eigenvalue weighted by atomic mass is 10.0. The summed E-state index contributed by atoms with van der Waals surface area (Å²) < 4.78 is 5.37. The maximum atomic E-state index is 12.0. The number of aliphatic hydroxyl groups excluding tert-OH is 1. The third-order valence-electron chi connectivity index (χ3n) is 3.13. The van der Waals surface area contributed by atoms with E-state index in [0.717, 1.165) is 25.9 Å². The van der Waals surface area contributed by atoms with Gasteiger partial charge in [0.1, 0.15) is 5.60 Å². The molecule has 1 aliphatic rings. The quantitative estimate of drug-likeness (QED) is 0.829. The van der Waals surface area contributed by atoms with Crippen LogP contribution < -0.4 is 0 Å². The van der Waals surface area contributed by atoms with Gasteiger partial charge in [-0.1, -0.05) is 0 Å². The minimum atomic E-state index is -0.454. The molecular weight excluding hydrogens is 232 g/mol. The van der Waals surface area contributed by atoms with Crippen LogP contribution in [0.4, 0.5) is 4.79 Å². The van der Waals surface area contributed by atoms with Crippen LogP contribution in [-0.2, 0) is 4.74 Å². The highest BCUT2D eigenvalue weighted by molar-refractivity contribution is 5.68. The molecule has 1 saturated heterocycles. The normalized spacial score (nSPS) is 21.7. The van der Waals surface area contributed by atoms with Crippen molar-refractivity contribution in [2.45, 2.75) is 45.3 Å². The van der Waals surface area contributed by atoms with Crippen molar-refractivity contribution >= 4 is 6.09 Å². The van der Waals surface area contributed by atoms with Crippen molar-refractivity contribution in [3.05, 3.63) is 0 Å². The summed E-state index contributed by atoms with van der Waals surface area (Å²) in [6.45, 7) is 8.28. The molecule has 0 radical (unpaired) electrons. The maximum Gasteiger partial charge on any atom is 0.410 e. The molecular formula is C13H26N2O3. The van der Waals surface area contributed by atoms with Gasteiger partial charge in [0.2, 0.25) is 0 Å². The van der Waals surface area contributed by atoms with Crippen LogP contribution in [0.25, 0.3) is 0 Å². The zero-order valence-corrected chi connectivity index (χ0v) is 12.0. The number of likely N-dealkylation sites (N-methyl/N-ethyl adjacent to an activating group) is 1. The molecule has 1 fully saturated rings. The summed E-state index contributed by atoms with van der Waals surface area (Å²) in [7, 11) is 1.79. The van der Waals surface area contributed by atoms with Crippen LogP contribution in [0.2, 0.25) is 0 Å². The number of hydrogen-bond acceptors (Lipinski definition) is 4. The molecule has 1 heterocycles. The van der Waals surface area contributed by atoms with Gasteiger partial charge in [-0.2, -0.15) is 0 Å². The Balaban J connectivity index is 2.50. The molecule has 106 valence electrons.